The van der Waals surface area contributed by atoms with E-state index >= 15 is 0 Å². The van der Waals surface area contributed by atoms with Crippen molar-refractivity contribution >= 4 is 16.7 Å². The Bertz CT molecular complexity index is 1100. The molecule has 142 valence electrons. The van der Waals surface area contributed by atoms with Crippen molar-refractivity contribution in [1.29, 1.82) is 0 Å². The summed E-state index contributed by atoms with van der Waals surface area (Å²) in [5, 5.41) is 16.1. The summed E-state index contributed by atoms with van der Waals surface area (Å²) in [6.07, 6.45) is 6.84. The zero-order chi connectivity index (χ0) is 19.1. The smallest absolute Gasteiger partial charge is 0.214 e. The Labute approximate surface area is 160 Å². The number of anilines is 1. The van der Waals surface area contributed by atoms with Gasteiger partial charge in [0, 0.05) is 30.6 Å². The minimum Gasteiger partial charge on any atom is -0.475 e. The van der Waals surface area contributed by atoms with Crippen LogP contribution in [0.1, 0.15) is 19.9 Å². The summed E-state index contributed by atoms with van der Waals surface area (Å²) in [5.41, 5.74) is 2.35. The van der Waals surface area contributed by atoms with Crippen molar-refractivity contribution in [3.05, 3.63) is 37.3 Å². The number of aromatic nitrogens is 8. The van der Waals surface area contributed by atoms with Gasteiger partial charge in [0.1, 0.15) is 30.5 Å². The lowest BCUT2D eigenvalue weighted by atomic mass is 10.1. The third-order valence-electron chi connectivity index (χ3n) is 4.72. The van der Waals surface area contributed by atoms with Crippen LogP contribution >= 0.6 is 0 Å². The van der Waals surface area contributed by atoms with Gasteiger partial charge in [0.25, 0.3) is 0 Å². The van der Waals surface area contributed by atoms with Gasteiger partial charge in [-0.25, -0.2) is 15.0 Å². The van der Waals surface area contributed by atoms with E-state index in [1.807, 2.05) is 30.5 Å². The molecule has 1 N–H and O–H groups in total. The summed E-state index contributed by atoms with van der Waals surface area (Å²) in [7, 11) is 0. The van der Waals surface area contributed by atoms with Crippen molar-refractivity contribution < 1.29 is 4.74 Å². The minimum atomic E-state index is 0.0519. The third kappa shape index (κ3) is 2.92. The average molecular weight is 377 g/mol. The summed E-state index contributed by atoms with van der Waals surface area (Å²) in [5.74, 6) is 1.44. The van der Waals surface area contributed by atoms with Crippen molar-refractivity contribution in [3.8, 4) is 17.3 Å². The van der Waals surface area contributed by atoms with Crippen molar-refractivity contribution in [3.63, 3.8) is 0 Å². The van der Waals surface area contributed by atoms with Gasteiger partial charge in [0.15, 0.2) is 0 Å². The topological polar surface area (TPSA) is 111 Å². The maximum absolute atomic E-state index is 5.71. The van der Waals surface area contributed by atoms with Crippen molar-refractivity contribution in [2.75, 3.05) is 18.0 Å². The lowest BCUT2D eigenvalue weighted by Crippen LogP contribution is -2.47. The number of H-pyrrole nitrogens is 1. The lowest BCUT2D eigenvalue weighted by Gasteiger charge is -2.40. The van der Waals surface area contributed by atoms with Gasteiger partial charge < -0.3 is 14.2 Å². The molecule has 5 heterocycles. The van der Waals surface area contributed by atoms with Gasteiger partial charge in [-0.3, -0.25) is 5.10 Å². The molecule has 5 rings (SSSR count). The number of hydrogen-bond donors (Lipinski definition) is 1. The van der Waals surface area contributed by atoms with Crippen molar-refractivity contribution in [1.82, 2.24) is 39.9 Å². The Balaban J connectivity index is 1.42. The molecule has 0 radical (unpaired) electrons. The molecule has 0 saturated carbocycles. The number of pyridine rings is 1. The molecule has 0 amide bonds. The largest absolute Gasteiger partial charge is 0.475 e. The second-order valence-corrected chi connectivity index (χ2v) is 7.04. The fraction of sp³-hybridized carbons (Fsp3) is 0.333. The normalized spacial score (nSPS) is 14.6. The highest BCUT2D eigenvalue weighted by molar-refractivity contribution is 5.92. The number of nitrogens with zero attached hydrogens (tertiary/aromatic N) is 8. The number of rotatable bonds is 5. The molecule has 0 unspecified atom stereocenters. The number of aromatic amines is 1. The first-order chi connectivity index (χ1) is 13.7. The minimum absolute atomic E-state index is 0.0519. The molecule has 1 saturated heterocycles. The van der Waals surface area contributed by atoms with E-state index in [0.29, 0.717) is 11.9 Å². The molecule has 0 aromatic carbocycles. The highest BCUT2D eigenvalue weighted by Gasteiger charge is 2.29. The highest BCUT2D eigenvalue weighted by atomic mass is 16.5. The third-order valence-corrected chi connectivity index (χ3v) is 4.72. The Morgan fingerprint density at radius 3 is 2.71 bits per heavy atom. The van der Waals surface area contributed by atoms with E-state index in [1.165, 1.54) is 0 Å². The van der Waals surface area contributed by atoms with Gasteiger partial charge in [-0.05, 0) is 13.8 Å². The van der Waals surface area contributed by atoms with E-state index in [0.717, 1.165) is 41.2 Å². The molecule has 28 heavy (non-hydrogen) atoms. The molecule has 10 nitrogen and oxygen atoms in total. The summed E-state index contributed by atoms with van der Waals surface area (Å²) in [6, 6.07) is 4.21. The molecule has 4 aromatic heterocycles. The number of ether oxygens (including phenoxy) is 1. The van der Waals surface area contributed by atoms with Gasteiger partial charge in [-0.2, -0.15) is 5.10 Å². The molecule has 0 atom stereocenters. The Morgan fingerprint density at radius 1 is 1.11 bits per heavy atom. The van der Waals surface area contributed by atoms with Crippen LogP contribution in [0.5, 0.6) is 5.88 Å². The van der Waals surface area contributed by atoms with Crippen LogP contribution in [-0.4, -0.2) is 59.1 Å². The molecule has 4 aromatic rings. The summed E-state index contributed by atoms with van der Waals surface area (Å²) < 4.78 is 7.73. The van der Waals surface area contributed by atoms with E-state index in [4.69, 9.17) is 4.74 Å². The second kappa shape index (κ2) is 6.55. The van der Waals surface area contributed by atoms with E-state index in [2.05, 4.69) is 40.2 Å². The predicted molar refractivity (Wildman–Crippen MR) is 102 cm³/mol. The van der Waals surface area contributed by atoms with Crippen LogP contribution < -0.4 is 9.64 Å². The average Bonchev–Trinajstić information content (AvgIpc) is 3.30. The number of nitrogens with one attached hydrogen (secondary N) is 1. The highest BCUT2D eigenvalue weighted by Crippen LogP contribution is 2.31. The fourth-order valence-corrected chi connectivity index (χ4v) is 3.28. The van der Waals surface area contributed by atoms with Gasteiger partial charge >= 0.3 is 0 Å². The van der Waals surface area contributed by atoms with Crippen LogP contribution in [0.15, 0.2) is 37.3 Å². The van der Waals surface area contributed by atoms with Gasteiger partial charge in [0.05, 0.1) is 29.6 Å². The van der Waals surface area contributed by atoms with Crippen LogP contribution in [-0.2, 0) is 0 Å². The van der Waals surface area contributed by atoms with E-state index in [-0.39, 0.29) is 6.10 Å². The summed E-state index contributed by atoms with van der Waals surface area (Å²) >= 11 is 0. The second-order valence-electron chi connectivity index (χ2n) is 7.04. The van der Waals surface area contributed by atoms with Gasteiger partial charge in [0.2, 0.25) is 5.88 Å². The van der Waals surface area contributed by atoms with Crippen LogP contribution in [0.3, 0.4) is 0 Å². The molecule has 1 fully saturated rings. The zero-order valence-electron chi connectivity index (χ0n) is 15.5. The van der Waals surface area contributed by atoms with Crippen molar-refractivity contribution in [2.24, 2.45) is 0 Å². The summed E-state index contributed by atoms with van der Waals surface area (Å²) in [6.45, 7) is 5.65. The first-order valence-corrected chi connectivity index (χ1v) is 9.09. The number of hydrogen-bond acceptors (Lipinski definition) is 8. The molecule has 10 heteroatoms. The van der Waals surface area contributed by atoms with E-state index < -0.39 is 0 Å². The molecular formula is C18H19N9O. The first kappa shape index (κ1) is 16.6. The Hall–Kier alpha value is -3.56. The van der Waals surface area contributed by atoms with Gasteiger partial charge in [-0.15, -0.1) is 10.2 Å². The van der Waals surface area contributed by atoms with Crippen LogP contribution in [0.25, 0.3) is 22.3 Å². The molecule has 0 bridgehead atoms. The maximum atomic E-state index is 5.71. The van der Waals surface area contributed by atoms with Crippen LogP contribution in [0.2, 0.25) is 0 Å². The SMILES string of the molecule is CC(C)Oc1cc2c(-c3cc(N4CC(n5cnnc5)C4)ncn3)n[nH]c2cn1. The van der Waals surface area contributed by atoms with Gasteiger partial charge in [-0.1, -0.05) is 0 Å². The molecular weight excluding hydrogens is 358 g/mol. The lowest BCUT2D eigenvalue weighted by molar-refractivity contribution is 0.233. The fourth-order valence-electron chi connectivity index (χ4n) is 3.28. The molecule has 1 aliphatic heterocycles. The molecule has 0 aliphatic carbocycles. The van der Waals surface area contributed by atoms with Crippen molar-refractivity contribution in [2.45, 2.75) is 26.0 Å². The Kier molecular flexibility index (Phi) is 3.89. The number of fused-ring (bicyclic) bond motifs is 1. The zero-order valence-corrected chi connectivity index (χ0v) is 15.5. The summed E-state index contributed by atoms with van der Waals surface area (Å²) in [4.78, 5) is 15.4. The predicted octanol–water partition coefficient (Wildman–Crippen LogP) is 1.85. The quantitative estimate of drug-likeness (QED) is 0.561. The monoisotopic (exact) mass is 377 g/mol. The maximum Gasteiger partial charge on any atom is 0.214 e. The van der Waals surface area contributed by atoms with E-state index in [1.54, 1.807) is 25.2 Å². The Morgan fingerprint density at radius 2 is 1.93 bits per heavy atom. The molecule has 0 spiro atoms. The first-order valence-electron chi connectivity index (χ1n) is 9.09. The molecule has 1 aliphatic rings. The van der Waals surface area contributed by atoms with E-state index in [9.17, 15) is 0 Å². The van der Waals surface area contributed by atoms with Crippen LogP contribution in [0, 0.1) is 0 Å². The standard InChI is InChI=1S/C18H19N9O/c1-11(2)28-17-3-13-15(5-19-17)24-25-18(13)14-4-16(21-8-20-14)26-6-12(7-26)27-9-22-23-10-27/h3-5,8-12H,6-7H2,1-2H3,(H,24,25). The van der Waals surface area contributed by atoms with Crippen LogP contribution in [0.4, 0.5) is 5.82 Å².